The second kappa shape index (κ2) is 17.8. The molecule has 9 nitrogen and oxygen atoms in total. The molecule has 0 saturated carbocycles. The fourth-order valence-corrected chi connectivity index (χ4v) is 10.4. The van der Waals surface area contributed by atoms with Crippen LogP contribution in [0.15, 0.2) is 0 Å². The molecule has 0 aliphatic carbocycles. The van der Waals surface area contributed by atoms with Gasteiger partial charge < -0.3 is 37.2 Å². The van der Waals surface area contributed by atoms with Crippen LogP contribution in [0.2, 0.25) is 11.1 Å². The SMILES string of the molecule is CCO[Si](OCC)(OCC)C(C)C(CC)NC(=O)NC(CC)C(C)[Si](OCC)(OCC)OCC. The minimum Gasteiger partial charge on any atom is -0.374 e. The second-order valence-electron chi connectivity index (χ2n) is 8.03. The monoisotopic (exact) mass is 524 g/mol. The van der Waals surface area contributed by atoms with E-state index in [1.807, 2.05) is 69.2 Å². The van der Waals surface area contributed by atoms with Gasteiger partial charge in [-0.3, -0.25) is 0 Å². The number of rotatable bonds is 20. The van der Waals surface area contributed by atoms with Crippen LogP contribution in [0.5, 0.6) is 0 Å². The van der Waals surface area contributed by atoms with E-state index in [1.165, 1.54) is 0 Å². The molecular formula is C23H52N2O7Si2. The molecule has 0 aromatic rings. The van der Waals surface area contributed by atoms with Crippen molar-refractivity contribution < 1.29 is 31.4 Å². The predicted octanol–water partition coefficient (Wildman–Crippen LogP) is 4.72. The molecule has 4 atom stereocenters. The van der Waals surface area contributed by atoms with Gasteiger partial charge in [0.15, 0.2) is 0 Å². The maximum Gasteiger partial charge on any atom is 0.506 e. The van der Waals surface area contributed by atoms with Crippen LogP contribution < -0.4 is 10.6 Å². The van der Waals surface area contributed by atoms with Crippen molar-refractivity contribution >= 4 is 23.6 Å². The molecule has 204 valence electrons. The lowest BCUT2D eigenvalue weighted by atomic mass is 10.1. The zero-order valence-corrected chi connectivity index (χ0v) is 25.3. The maximum absolute atomic E-state index is 13.2. The third-order valence-corrected chi connectivity index (χ3v) is 13.1. The first-order valence-electron chi connectivity index (χ1n) is 13.1. The van der Waals surface area contributed by atoms with Gasteiger partial charge in [0, 0.05) is 62.8 Å². The summed E-state index contributed by atoms with van der Waals surface area (Å²) in [5, 5.41) is 6.30. The summed E-state index contributed by atoms with van der Waals surface area (Å²) >= 11 is 0. The number of amides is 2. The first kappa shape index (κ1) is 33.5. The highest BCUT2D eigenvalue weighted by Gasteiger charge is 2.51. The van der Waals surface area contributed by atoms with E-state index in [4.69, 9.17) is 26.6 Å². The van der Waals surface area contributed by atoms with Gasteiger partial charge in [-0.2, -0.15) is 0 Å². The van der Waals surface area contributed by atoms with Crippen molar-refractivity contribution in [3.8, 4) is 0 Å². The summed E-state index contributed by atoms with van der Waals surface area (Å²) in [6.45, 7) is 22.7. The quantitative estimate of drug-likeness (QED) is 0.222. The number of urea groups is 1. The van der Waals surface area contributed by atoms with E-state index in [-0.39, 0.29) is 29.2 Å². The molecule has 0 aliphatic rings. The number of carbonyl (C=O) groups excluding carboxylic acids is 1. The highest BCUT2D eigenvalue weighted by Crippen LogP contribution is 2.32. The van der Waals surface area contributed by atoms with Crippen LogP contribution in [0.3, 0.4) is 0 Å². The molecule has 0 radical (unpaired) electrons. The zero-order valence-electron chi connectivity index (χ0n) is 23.3. The zero-order chi connectivity index (χ0) is 26.2. The van der Waals surface area contributed by atoms with E-state index < -0.39 is 17.6 Å². The van der Waals surface area contributed by atoms with E-state index in [0.717, 1.165) is 12.8 Å². The molecule has 0 heterocycles. The molecule has 11 heteroatoms. The largest absolute Gasteiger partial charge is 0.506 e. The maximum atomic E-state index is 13.2. The number of carbonyl (C=O) groups is 1. The molecule has 2 N–H and O–H groups in total. The Morgan fingerprint density at radius 3 is 0.971 bits per heavy atom. The third kappa shape index (κ3) is 9.49. The van der Waals surface area contributed by atoms with Crippen LogP contribution in [-0.2, 0) is 26.6 Å². The van der Waals surface area contributed by atoms with Crippen molar-refractivity contribution in [2.45, 2.75) is 105 Å². The Balaban J connectivity index is 5.63. The standard InChI is InChI=1S/C23H52N2O7Si2/c1-11-21(19(9)33(27-13-3,28-14-4)29-15-5)24-23(26)25-22(12-2)20(10)34(30-16-6,31-17-7)32-18-8/h19-22H,11-18H2,1-10H3,(H2,24,25,26). The fourth-order valence-electron chi connectivity index (χ4n) is 4.28. The fraction of sp³-hybridized carbons (Fsp3) is 0.957. The molecule has 0 aromatic carbocycles. The van der Waals surface area contributed by atoms with Gasteiger partial charge in [0.05, 0.1) is 0 Å². The van der Waals surface area contributed by atoms with Gasteiger partial charge >= 0.3 is 23.6 Å². The highest BCUT2D eigenvalue weighted by molar-refractivity contribution is 6.63. The summed E-state index contributed by atoms with van der Waals surface area (Å²) in [5.41, 5.74) is -0.214. The van der Waals surface area contributed by atoms with E-state index in [2.05, 4.69) is 10.6 Å². The Labute approximate surface area is 210 Å². The van der Waals surface area contributed by atoms with Crippen molar-refractivity contribution in [2.24, 2.45) is 0 Å². The van der Waals surface area contributed by atoms with Gasteiger partial charge in [0.25, 0.3) is 0 Å². The van der Waals surface area contributed by atoms with Gasteiger partial charge in [-0.05, 0) is 54.4 Å². The minimum atomic E-state index is -2.98. The van der Waals surface area contributed by atoms with Crippen LogP contribution in [0, 0.1) is 0 Å². The van der Waals surface area contributed by atoms with Gasteiger partial charge in [-0.1, -0.05) is 27.7 Å². The normalized spacial score (nSPS) is 16.1. The Morgan fingerprint density at radius 2 is 0.794 bits per heavy atom. The molecule has 2 amide bonds. The summed E-state index contributed by atoms with van der Waals surface area (Å²) in [6, 6.07) is -0.578. The Hall–Kier alpha value is -0.536. The van der Waals surface area contributed by atoms with E-state index >= 15 is 0 Å². The van der Waals surface area contributed by atoms with Crippen LogP contribution in [-0.4, -0.2) is 75.4 Å². The smallest absolute Gasteiger partial charge is 0.374 e. The molecule has 0 fully saturated rings. The first-order chi connectivity index (χ1) is 16.2. The van der Waals surface area contributed by atoms with Crippen LogP contribution in [0.1, 0.15) is 82.1 Å². The van der Waals surface area contributed by atoms with Crippen LogP contribution >= 0.6 is 0 Å². The second-order valence-corrected chi connectivity index (χ2v) is 14.0. The molecule has 34 heavy (non-hydrogen) atoms. The average Bonchev–Trinajstić information content (AvgIpc) is 2.81. The molecule has 0 aromatic heterocycles. The summed E-state index contributed by atoms with van der Waals surface area (Å²) in [4.78, 5) is 13.2. The highest BCUT2D eigenvalue weighted by atomic mass is 28.4. The third-order valence-electron chi connectivity index (χ3n) is 5.91. The molecule has 0 saturated heterocycles. The number of nitrogens with one attached hydrogen (secondary N) is 2. The molecule has 0 aliphatic heterocycles. The van der Waals surface area contributed by atoms with Gasteiger partial charge in [0.1, 0.15) is 0 Å². The molecule has 0 rings (SSSR count). The van der Waals surface area contributed by atoms with E-state index in [9.17, 15) is 4.79 Å². The average molecular weight is 525 g/mol. The van der Waals surface area contributed by atoms with Crippen molar-refractivity contribution in [2.75, 3.05) is 39.6 Å². The molecule has 0 spiro atoms. The predicted molar refractivity (Wildman–Crippen MR) is 140 cm³/mol. The Bertz CT molecular complexity index is 467. The minimum absolute atomic E-state index is 0.107. The van der Waals surface area contributed by atoms with Gasteiger partial charge in [0.2, 0.25) is 0 Å². The number of hydrogen-bond donors (Lipinski definition) is 2. The van der Waals surface area contributed by atoms with Crippen molar-refractivity contribution in [1.29, 1.82) is 0 Å². The lowest BCUT2D eigenvalue weighted by Crippen LogP contribution is -2.59. The Kier molecular flexibility index (Phi) is 17.5. The van der Waals surface area contributed by atoms with Gasteiger partial charge in [-0.15, -0.1) is 0 Å². The van der Waals surface area contributed by atoms with E-state index in [1.54, 1.807) is 0 Å². The first-order valence-corrected chi connectivity index (χ1v) is 16.7. The van der Waals surface area contributed by atoms with Crippen molar-refractivity contribution in [1.82, 2.24) is 10.6 Å². The lowest BCUT2D eigenvalue weighted by Gasteiger charge is -2.39. The Morgan fingerprint density at radius 1 is 0.559 bits per heavy atom. The summed E-state index contributed by atoms with van der Waals surface area (Å²) in [5.74, 6) is 0. The molecule has 4 unspecified atom stereocenters. The number of hydrogen-bond acceptors (Lipinski definition) is 7. The van der Waals surface area contributed by atoms with Crippen LogP contribution in [0.4, 0.5) is 4.79 Å². The molecular weight excluding hydrogens is 472 g/mol. The molecule has 0 bridgehead atoms. The topological polar surface area (TPSA) is 96.5 Å². The van der Waals surface area contributed by atoms with E-state index in [0.29, 0.717) is 39.6 Å². The summed E-state index contributed by atoms with van der Waals surface area (Å²) < 4.78 is 36.5. The summed E-state index contributed by atoms with van der Waals surface area (Å²) in [6.07, 6.45) is 1.44. The van der Waals surface area contributed by atoms with Crippen molar-refractivity contribution in [3.63, 3.8) is 0 Å². The van der Waals surface area contributed by atoms with Gasteiger partial charge in [-0.25, -0.2) is 4.79 Å². The summed E-state index contributed by atoms with van der Waals surface area (Å²) in [7, 11) is -5.96. The van der Waals surface area contributed by atoms with Crippen molar-refractivity contribution in [3.05, 3.63) is 0 Å². The lowest BCUT2D eigenvalue weighted by molar-refractivity contribution is 0.0581. The van der Waals surface area contributed by atoms with Crippen LogP contribution in [0.25, 0.3) is 0 Å².